The smallest absolute Gasteiger partial charge is 0.289 e. The Morgan fingerprint density at radius 1 is 1.30 bits per heavy atom. The molecular weight excluding hydrogens is 320 g/mol. The molecule has 0 aliphatic carbocycles. The van der Waals surface area contributed by atoms with Crippen molar-refractivity contribution in [1.82, 2.24) is 0 Å². The van der Waals surface area contributed by atoms with Gasteiger partial charge in [0.25, 0.3) is 5.69 Å². The van der Waals surface area contributed by atoms with E-state index in [9.17, 15) is 14.9 Å². The van der Waals surface area contributed by atoms with Crippen molar-refractivity contribution < 1.29 is 14.5 Å². The van der Waals surface area contributed by atoms with Crippen LogP contribution in [0.4, 0.5) is 11.4 Å². The fraction of sp³-hybridized carbons (Fsp3) is 0.188. The van der Waals surface area contributed by atoms with Gasteiger partial charge in [-0.05, 0) is 30.2 Å². The number of amides is 1. The maximum absolute atomic E-state index is 12.3. The molecule has 1 atom stereocenters. The Morgan fingerprint density at radius 2 is 2.09 bits per heavy atom. The van der Waals surface area contributed by atoms with E-state index in [1.54, 1.807) is 0 Å². The predicted molar refractivity (Wildman–Crippen MR) is 85.9 cm³/mol. The number of hydrogen-bond donors (Lipinski definition) is 1. The molecule has 0 fully saturated rings. The lowest BCUT2D eigenvalue weighted by Crippen LogP contribution is -2.32. The Morgan fingerprint density at radius 3 is 2.87 bits per heavy atom. The van der Waals surface area contributed by atoms with E-state index < -0.39 is 4.92 Å². The first-order chi connectivity index (χ1) is 11.0. The maximum atomic E-state index is 12.3. The van der Waals surface area contributed by atoms with Crippen molar-refractivity contribution >= 4 is 28.9 Å². The van der Waals surface area contributed by atoms with Crippen LogP contribution in [-0.2, 0) is 11.2 Å². The third-order valence-electron chi connectivity index (χ3n) is 3.66. The van der Waals surface area contributed by atoms with E-state index in [2.05, 4.69) is 5.32 Å². The standard InChI is InChI=1S/C16H13ClN2O4/c17-13-6-5-12(8-14(13)19(21)22)18-16(20)11-7-10-3-1-2-4-15(10)23-9-11/h1-6,8,11H,7,9H2,(H,18,20). The molecular formula is C16H13ClN2O4. The number of nitrogens with one attached hydrogen (secondary N) is 1. The minimum Gasteiger partial charge on any atom is -0.492 e. The summed E-state index contributed by atoms with van der Waals surface area (Å²) >= 11 is 5.76. The van der Waals surface area contributed by atoms with Gasteiger partial charge < -0.3 is 10.1 Å². The number of anilines is 1. The van der Waals surface area contributed by atoms with Gasteiger partial charge in [0, 0.05) is 11.8 Å². The summed E-state index contributed by atoms with van der Waals surface area (Å²) in [6.07, 6.45) is 0.567. The van der Waals surface area contributed by atoms with Gasteiger partial charge in [0.15, 0.2) is 0 Å². The Bertz CT molecular complexity index is 778. The van der Waals surface area contributed by atoms with Crippen LogP contribution in [0.5, 0.6) is 5.75 Å². The summed E-state index contributed by atoms with van der Waals surface area (Å²) < 4.78 is 5.59. The second kappa shape index (κ2) is 6.26. The van der Waals surface area contributed by atoms with Crippen LogP contribution in [0.15, 0.2) is 42.5 Å². The van der Waals surface area contributed by atoms with Crippen molar-refractivity contribution in [1.29, 1.82) is 0 Å². The second-order valence-corrected chi connectivity index (χ2v) is 5.64. The number of fused-ring (bicyclic) bond motifs is 1. The quantitative estimate of drug-likeness (QED) is 0.689. The molecule has 118 valence electrons. The SMILES string of the molecule is O=C(Nc1ccc(Cl)c([N+](=O)[O-])c1)C1COc2ccccc2C1. The number of rotatable bonds is 3. The van der Waals surface area contributed by atoms with Crippen molar-refractivity contribution in [3.05, 3.63) is 63.2 Å². The zero-order valence-corrected chi connectivity index (χ0v) is 12.7. The first kappa shape index (κ1) is 15.3. The van der Waals surface area contributed by atoms with Gasteiger partial charge in [-0.3, -0.25) is 14.9 Å². The largest absolute Gasteiger partial charge is 0.492 e. The van der Waals surface area contributed by atoms with Gasteiger partial charge >= 0.3 is 0 Å². The first-order valence-corrected chi connectivity index (χ1v) is 7.38. The molecule has 1 heterocycles. The molecule has 1 aliphatic rings. The second-order valence-electron chi connectivity index (χ2n) is 5.23. The average Bonchev–Trinajstić information content (AvgIpc) is 2.55. The zero-order chi connectivity index (χ0) is 16.4. The van der Waals surface area contributed by atoms with Gasteiger partial charge in [-0.15, -0.1) is 0 Å². The topological polar surface area (TPSA) is 81.5 Å². The maximum Gasteiger partial charge on any atom is 0.289 e. The molecule has 0 saturated heterocycles. The molecule has 1 N–H and O–H groups in total. The highest BCUT2D eigenvalue weighted by molar-refractivity contribution is 6.32. The van der Waals surface area contributed by atoms with E-state index >= 15 is 0 Å². The number of carbonyl (C=O) groups excluding carboxylic acids is 1. The minimum atomic E-state index is -0.585. The number of nitrogens with zero attached hydrogens (tertiary/aromatic N) is 1. The summed E-state index contributed by atoms with van der Waals surface area (Å²) in [4.78, 5) is 22.7. The number of ether oxygens (including phenoxy) is 1. The molecule has 0 aromatic heterocycles. The van der Waals surface area contributed by atoms with E-state index in [1.807, 2.05) is 24.3 Å². The van der Waals surface area contributed by atoms with Gasteiger partial charge in [0.2, 0.25) is 5.91 Å². The van der Waals surface area contributed by atoms with Gasteiger partial charge in [-0.25, -0.2) is 0 Å². The number of hydrogen-bond acceptors (Lipinski definition) is 4. The Hall–Kier alpha value is -2.60. The highest BCUT2D eigenvalue weighted by Crippen LogP contribution is 2.29. The average molecular weight is 333 g/mol. The summed E-state index contributed by atoms with van der Waals surface area (Å²) in [5.74, 6) is 0.203. The predicted octanol–water partition coefficient (Wildman–Crippen LogP) is 3.44. The van der Waals surface area contributed by atoms with Crippen LogP contribution in [0.25, 0.3) is 0 Å². The molecule has 1 aliphatic heterocycles. The zero-order valence-electron chi connectivity index (χ0n) is 12.0. The summed E-state index contributed by atoms with van der Waals surface area (Å²) in [5, 5.41) is 13.6. The van der Waals surface area contributed by atoms with Crippen LogP contribution in [0, 0.1) is 16.0 Å². The molecule has 0 bridgehead atoms. The normalized spacial score (nSPS) is 16.1. The van der Waals surface area contributed by atoms with Gasteiger partial charge in [-0.1, -0.05) is 29.8 Å². The van der Waals surface area contributed by atoms with Gasteiger partial charge in [-0.2, -0.15) is 0 Å². The fourth-order valence-corrected chi connectivity index (χ4v) is 2.66. The molecule has 2 aromatic carbocycles. The molecule has 23 heavy (non-hydrogen) atoms. The van der Waals surface area contributed by atoms with E-state index in [1.165, 1.54) is 18.2 Å². The Labute approximate surface area is 137 Å². The fourth-order valence-electron chi connectivity index (χ4n) is 2.47. The molecule has 1 unspecified atom stereocenters. The first-order valence-electron chi connectivity index (χ1n) is 7.00. The molecule has 7 heteroatoms. The molecule has 3 rings (SSSR count). The molecule has 6 nitrogen and oxygen atoms in total. The number of halogens is 1. The van der Waals surface area contributed by atoms with Crippen molar-refractivity contribution in [3.8, 4) is 5.75 Å². The van der Waals surface area contributed by atoms with Crippen molar-refractivity contribution in [2.24, 2.45) is 5.92 Å². The summed E-state index contributed by atoms with van der Waals surface area (Å²) in [6.45, 7) is 0.276. The van der Waals surface area contributed by atoms with Crippen LogP contribution < -0.4 is 10.1 Å². The molecule has 0 spiro atoms. The van der Waals surface area contributed by atoms with Crippen LogP contribution in [0.3, 0.4) is 0 Å². The Balaban J connectivity index is 1.73. The van der Waals surface area contributed by atoms with E-state index in [4.69, 9.17) is 16.3 Å². The number of nitro groups is 1. The van der Waals surface area contributed by atoms with Gasteiger partial charge in [0.1, 0.15) is 17.4 Å². The third kappa shape index (κ3) is 3.27. The highest BCUT2D eigenvalue weighted by atomic mass is 35.5. The van der Waals surface area contributed by atoms with Crippen LogP contribution in [0.1, 0.15) is 5.56 Å². The summed E-state index contributed by atoms with van der Waals surface area (Å²) in [6, 6.07) is 11.7. The van der Waals surface area contributed by atoms with Crippen LogP contribution >= 0.6 is 11.6 Å². The molecule has 2 aromatic rings. The van der Waals surface area contributed by atoms with Crippen molar-refractivity contribution in [2.45, 2.75) is 6.42 Å². The monoisotopic (exact) mass is 332 g/mol. The Kier molecular flexibility index (Phi) is 4.16. The van der Waals surface area contributed by atoms with Gasteiger partial charge in [0.05, 0.1) is 10.8 Å². The van der Waals surface area contributed by atoms with Crippen LogP contribution in [0.2, 0.25) is 5.02 Å². The molecule has 0 saturated carbocycles. The van der Waals surface area contributed by atoms with Crippen LogP contribution in [-0.4, -0.2) is 17.4 Å². The number of nitro benzene ring substituents is 1. The van der Waals surface area contributed by atoms with E-state index in [-0.39, 0.29) is 29.1 Å². The number of carbonyl (C=O) groups is 1. The lowest BCUT2D eigenvalue weighted by atomic mass is 9.96. The molecule has 1 amide bonds. The van der Waals surface area contributed by atoms with E-state index in [0.717, 1.165) is 11.3 Å². The number of benzene rings is 2. The molecule has 0 radical (unpaired) electrons. The lowest BCUT2D eigenvalue weighted by molar-refractivity contribution is -0.384. The van der Waals surface area contributed by atoms with Crippen molar-refractivity contribution in [2.75, 3.05) is 11.9 Å². The third-order valence-corrected chi connectivity index (χ3v) is 3.98. The minimum absolute atomic E-state index is 0.0305. The number of para-hydroxylation sites is 1. The highest BCUT2D eigenvalue weighted by Gasteiger charge is 2.26. The summed E-state index contributed by atoms with van der Waals surface area (Å²) in [7, 11) is 0. The lowest BCUT2D eigenvalue weighted by Gasteiger charge is -2.24. The van der Waals surface area contributed by atoms with Crippen molar-refractivity contribution in [3.63, 3.8) is 0 Å². The summed E-state index contributed by atoms with van der Waals surface area (Å²) in [5.41, 5.74) is 1.07. The van der Waals surface area contributed by atoms with E-state index in [0.29, 0.717) is 12.1 Å².